The summed E-state index contributed by atoms with van der Waals surface area (Å²) in [5.41, 5.74) is 4.16. The third-order valence-electron chi connectivity index (χ3n) is 5.64. The van der Waals surface area contributed by atoms with Crippen molar-refractivity contribution < 1.29 is 17.9 Å². The Balaban J connectivity index is 1.51. The first-order valence-corrected chi connectivity index (χ1v) is 11.7. The molecular weight excluding hydrogens is 400 g/mol. The molecule has 1 amide bonds. The van der Waals surface area contributed by atoms with E-state index in [1.165, 1.54) is 0 Å². The van der Waals surface area contributed by atoms with E-state index in [1.807, 2.05) is 52.0 Å². The molecule has 0 radical (unpaired) electrons. The van der Waals surface area contributed by atoms with Crippen LogP contribution in [0.25, 0.3) is 0 Å². The van der Waals surface area contributed by atoms with Gasteiger partial charge in [-0.15, -0.1) is 0 Å². The highest BCUT2D eigenvalue weighted by molar-refractivity contribution is 7.89. The van der Waals surface area contributed by atoms with E-state index < -0.39 is 10.0 Å². The van der Waals surface area contributed by atoms with Gasteiger partial charge in [-0.2, -0.15) is 0 Å². The Kier molecular flexibility index (Phi) is 6.83. The van der Waals surface area contributed by atoms with Crippen molar-refractivity contribution in [2.45, 2.75) is 51.5 Å². The highest BCUT2D eigenvalue weighted by Crippen LogP contribution is 2.20. The molecule has 1 aliphatic heterocycles. The Labute approximate surface area is 179 Å². The first-order valence-electron chi connectivity index (χ1n) is 10.2. The molecule has 0 unspecified atom stereocenters. The van der Waals surface area contributed by atoms with Crippen molar-refractivity contribution in [1.29, 1.82) is 0 Å². The number of sulfonamides is 1. The molecule has 0 saturated carbocycles. The zero-order valence-corrected chi connectivity index (χ0v) is 18.9. The Hall–Kier alpha value is -2.38. The molecule has 1 aliphatic rings. The smallest absolute Gasteiger partial charge is 0.260 e. The summed E-state index contributed by atoms with van der Waals surface area (Å²) in [6.07, 6.45) is 1.17. The van der Waals surface area contributed by atoms with E-state index in [9.17, 15) is 13.2 Å². The van der Waals surface area contributed by atoms with Crippen LogP contribution in [0.5, 0.6) is 5.75 Å². The van der Waals surface area contributed by atoms with Gasteiger partial charge in [0.25, 0.3) is 5.91 Å². The van der Waals surface area contributed by atoms with Gasteiger partial charge < -0.3 is 9.64 Å². The fourth-order valence-electron chi connectivity index (χ4n) is 3.61. The number of hydrogen-bond acceptors (Lipinski definition) is 4. The summed E-state index contributed by atoms with van der Waals surface area (Å²) < 4.78 is 33.8. The van der Waals surface area contributed by atoms with Gasteiger partial charge in [0.15, 0.2) is 6.61 Å². The molecule has 1 N–H and O–H groups in total. The van der Waals surface area contributed by atoms with Crippen molar-refractivity contribution >= 4 is 15.9 Å². The van der Waals surface area contributed by atoms with Crippen LogP contribution in [0.3, 0.4) is 0 Å². The summed E-state index contributed by atoms with van der Waals surface area (Å²) in [6, 6.07) is 10.8. The Morgan fingerprint density at radius 1 is 1.00 bits per heavy atom. The fourth-order valence-corrected chi connectivity index (χ4v) is 5.00. The van der Waals surface area contributed by atoms with Crippen LogP contribution < -0.4 is 9.46 Å². The maximum atomic E-state index is 12.7. The van der Waals surface area contributed by atoms with Crippen molar-refractivity contribution in [1.82, 2.24) is 9.62 Å². The number of carbonyl (C=O) groups excluding carboxylic acids is 1. The van der Waals surface area contributed by atoms with Crippen LogP contribution in [-0.2, 0) is 14.8 Å². The lowest BCUT2D eigenvalue weighted by Gasteiger charge is -2.32. The summed E-state index contributed by atoms with van der Waals surface area (Å²) >= 11 is 0. The van der Waals surface area contributed by atoms with Crippen LogP contribution in [-0.4, -0.2) is 45.0 Å². The first-order chi connectivity index (χ1) is 14.2. The lowest BCUT2D eigenvalue weighted by Crippen LogP contribution is -2.47. The average molecular weight is 431 g/mol. The minimum Gasteiger partial charge on any atom is -0.484 e. The molecule has 162 valence electrons. The molecule has 0 aromatic heterocycles. The predicted octanol–water partition coefficient (Wildman–Crippen LogP) is 3.27. The van der Waals surface area contributed by atoms with Gasteiger partial charge in [-0.3, -0.25) is 4.79 Å². The van der Waals surface area contributed by atoms with E-state index in [0.29, 0.717) is 31.7 Å². The van der Waals surface area contributed by atoms with Crippen molar-refractivity contribution in [3.05, 3.63) is 58.7 Å². The lowest BCUT2D eigenvalue weighted by molar-refractivity contribution is -0.134. The van der Waals surface area contributed by atoms with Crippen molar-refractivity contribution in [2.24, 2.45) is 0 Å². The molecule has 30 heavy (non-hydrogen) atoms. The van der Waals surface area contributed by atoms with Crippen LogP contribution in [0.1, 0.15) is 35.1 Å². The molecule has 7 heteroatoms. The number of carbonyl (C=O) groups is 1. The van der Waals surface area contributed by atoms with E-state index in [1.54, 1.807) is 17.0 Å². The Morgan fingerprint density at radius 2 is 1.70 bits per heavy atom. The third-order valence-corrected chi connectivity index (χ3v) is 7.16. The maximum absolute atomic E-state index is 12.7. The van der Waals surface area contributed by atoms with Crippen LogP contribution >= 0.6 is 0 Å². The standard InChI is InChI=1S/C23H30N2O4S/c1-16-5-8-22(19(4)13-16)29-15-23(26)25-11-9-20(10-12-25)24-30(27,28)21-7-6-17(2)18(3)14-21/h5-8,13-14,20,24H,9-12,15H2,1-4H3. The van der Waals surface area contributed by atoms with E-state index in [4.69, 9.17) is 4.74 Å². The van der Waals surface area contributed by atoms with Crippen molar-refractivity contribution in [2.75, 3.05) is 19.7 Å². The number of nitrogens with zero attached hydrogens (tertiary/aromatic N) is 1. The molecule has 1 saturated heterocycles. The Bertz CT molecular complexity index is 1030. The zero-order chi connectivity index (χ0) is 21.9. The number of ether oxygens (including phenoxy) is 1. The largest absolute Gasteiger partial charge is 0.484 e. The number of rotatable bonds is 6. The minimum atomic E-state index is -3.57. The number of aryl methyl sites for hydroxylation is 4. The first kappa shape index (κ1) is 22.3. The van der Waals surface area contributed by atoms with Gasteiger partial charge in [0.1, 0.15) is 5.75 Å². The minimum absolute atomic E-state index is 0.0110. The van der Waals surface area contributed by atoms with Crippen LogP contribution in [0.2, 0.25) is 0 Å². The predicted molar refractivity (Wildman–Crippen MR) is 117 cm³/mol. The Morgan fingerprint density at radius 3 is 2.33 bits per heavy atom. The molecule has 0 spiro atoms. The number of amides is 1. The van der Waals surface area contributed by atoms with Gasteiger partial charge in [-0.05, 0) is 75.4 Å². The number of piperidine rings is 1. The van der Waals surface area contributed by atoms with E-state index in [0.717, 1.165) is 22.3 Å². The molecule has 1 fully saturated rings. The second kappa shape index (κ2) is 9.18. The zero-order valence-electron chi connectivity index (χ0n) is 18.1. The summed E-state index contributed by atoms with van der Waals surface area (Å²) in [5, 5.41) is 0. The second-order valence-corrected chi connectivity index (χ2v) is 9.79. The van der Waals surface area contributed by atoms with Crippen LogP contribution in [0.15, 0.2) is 41.3 Å². The van der Waals surface area contributed by atoms with Crippen LogP contribution in [0.4, 0.5) is 0 Å². The highest BCUT2D eigenvalue weighted by Gasteiger charge is 2.27. The van der Waals surface area contributed by atoms with E-state index >= 15 is 0 Å². The molecule has 2 aromatic carbocycles. The quantitative estimate of drug-likeness (QED) is 0.763. The van der Waals surface area contributed by atoms with Gasteiger partial charge in [-0.1, -0.05) is 23.8 Å². The SMILES string of the molecule is Cc1ccc(OCC(=O)N2CCC(NS(=O)(=O)c3ccc(C)c(C)c3)CC2)c(C)c1. The molecule has 6 nitrogen and oxygen atoms in total. The number of benzene rings is 2. The summed E-state index contributed by atoms with van der Waals surface area (Å²) in [7, 11) is -3.57. The van der Waals surface area contributed by atoms with Gasteiger partial charge in [-0.25, -0.2) is 13.1 Å². The van der Waals surface area contributed by atoms with Crippen molar-refractivity contribution in [3.8, 4) is 5.75 Å². The molecule has 1 heterocycles. The lowest BCUT2D eigenvalue weighted by atomic mass is 10.1. The van der Waals surface area contributed by atoms with Gasteiger partial charge in [0, 0.05) is 19.1 Å². The average Bonchev–Trinajstić information content (AvgIpc) is 2.69. The van der Waals surface area contributed by atoms with E-state index in [2.05, 4.69) is 4.72 Å². The van der Waals surface area contributed by atoms with Gasteiger partial charge in [0.05, 0.1) is 4.90 Å². The normalized spacial score (nSPS) is 15.3. The molecule has 2 aromatic rings. The summed E-state index contributed by atoms with van der Waals surface area (Å²) in [6.45, 7) is 8.84. The molecule has 0 atom stereocenters. The summed E-state index contributed by atoms with van der Waals surface area (Å²) in [4.78, 5) is 14.5. The summed E-state index contributed by atoms with van der Waals surface area (Å²) in [5.74, 6) is 0.635. The monoisotopic (exact) mass is 430 g/mol. The number of nitrogens with one attached hydrogen (secondary N) is 1. The number of hydrogen-bond donors (Lipinski definition) is 1. The molecule has 0 aliphatic carbocycles. The van der Waals surface area contributed by atoms with Gasteiger partial charge >= 0.3 is 0 Å². The highest BCUT2D eigenvalue weighted by atomic mass is 32.2. The third kappa shape index (κ3) is 5.40. The van der Waals surface area contributed by atoms with E-state index in [-0.39, 0.29) is 23.5 Å². The second-order valence-electron chi connectivity index (χ2n) is 8.08. The molecule has 3 rings (SSSR count). The molecule has 0 bridgehead atoms. The fraction of sp³-hybridized carbons (Fsp3) is 0.435. The van der Waals surface area contributed by atoms with Crippen LogP contribution in [0, 0.1) is 27.7 Å². The van der Waals surface area contributed by atoms with Gasteiger partial charge in [0.2, 0.25) is 10.0 Å². The molecular formula is C23H30N2O4S. The maximum Gasteiger partial charge on any atom is 0.260 e. The van der Waals surface area contributed by atoms with Crippen molar-refractivity contribution in [3.63, 3.8) is 0 Å². The topological polar surface area (TPSA) is 75.7 Å². The number of likely N-dealkylation sites (tertiary alicyclic amines) is 1.